The van der Waals surface area contributed by atoms with Crippen LogP contribution in [0.5, 0.6) is 11.5 Å². The molecular weight excluding hydrogens is 338 g/mol. The van der Waals surface area contributed by atoms with Crippen LogP contribution in [0.3, 0.4) is 0 Å². The minimum absolute atomic E-state index is 0.266. The van der Waals surface area contributed by atoms with Gasteiger partial charge >= 0.3 is 0 Å². The van der Waals surface area contributed by atoms with Crippen molar-refractivity contribution in [3.8, 4) is 11.5 Å². The summed E-state index contributed by atoms with van der Waals surface area (Å²) < 4.78 is 37.9. The summed E-state index contributed by atoms with van der Waals surface area (Å²) in [5.41, 5.74) is 3.93. The monoisotopic (exact) mass is 365 g/mol. The van der Waals surface area contributed by atoms with Crippen molar-refractivity contribution in [1.29, 1.82) is 0 Å². The van der Waals surface area contributed by atoms with Crippen LogP contribution in [-0.2, 0) is 29.3 Å². The van der Waals surface area contributed by atoms with E-state index in [1.165, 1.54) is 16.7 Å². The number of benzene rings is 1. The molecule has 1 saturated heterocycles. The van der Waals surface area contributed by atoms with Crippen molar-refractivity contribution in [1.82, 2.24) is 4.31 Å². The van der Waals surface area contributed by atoms with E-state index in [0.29, 0.717) is 25.4 Å². The Balaban J connectivity index is 1.48. The van der Waals surface area contributed by atoms with Crippen LogP contribution in [0.2, 0.25) is 0 Å². The van der Waals surface area contributed by atoms with E-state index in [9.17, 15) is 8.42 Å². The van der Waals surface area contributed by atoms with Crippen molar-refractivity contribution in [2.45, 2.75) is 45.4 Å². The van der Waals surface area contributed by atoms with E-state index in [1.54, 1.807) is 4.31 Å². The Morgan fingerprint density at radius 1 is 1.16 bits per heavy atom. The molecule has 0 unspecified atom stereocenters. The summed E-state index contributed by atoms with van der Waals surface area (Å²) in [7, 11) is -3.06. The summed E-state index contributed by atoms with van der Waals surface area (Å²) in [6.07, 6.45) is 5.46. The van der Waals surface area contributed by atoms with E-state index in [4.69, 9.17) is 9.47 Å². The first-order valence-corrected chi connectivity index (χ1v) is 11.1. The third kappa shape index (κ3) is 3.26. The molecule has 6 heteroatoms. The van der Waals surface area contributed by atoms with Gasteiger partial charge in [-0.3, -0.25) is 0 Å². The highest BCUT2D eigenvalue weighted by Crippen LogP contribution is 2.42. The predicted molar refractivity (Wildman–Crippen MR) is 96.9 cm³/mol. The molecule has 0 N–H and O–H groups in total. The number of fused-ring (bicyclic) bond motifs is 2. The number of hydrogen-bond donors (Lipinski definition) is 0. The number of nitrogens with zero attached hydrogens (tertiary/aromatic N) is 1. The molecule has 1 aromatic rings. The molecule has 1 fully saturated rings. The molecule has 5 nitrogen and oxygen atoms in total. The molecule has 3 heterocycles. The second-order valence-electron chi connectivity index (χ2n) is 7.38. The van der Waals surface area contributed by atoms with Crippen molar-refractivity contribution in [3.63, 3.8) is 0 Å². The molecule has 4 rings (SSSR count). The van der Waals surface area contributed by atoms with E-state index in [-0.39, 0.29) is 5.75 Å². The minimum Gasteiger partial charge on any atom is -0.493 e. The van der Waals surface area contributed by atoms with Crippen molar-refractivity contribution in [2.75, 3.05) is 32.1 Å². The molecule has 0 bridgehead atoms. The van der Waals surface area contributed by atoms with Crippen LogP contribution in [0.1, 0.15) is 42.9 Å². The lowest BCUT2D eigenvalue weighted by Gasteiger charge is -2.31. The highest BCUT2D eigenvalue weighted by atomic mass is 32.2. The van der Waals surface area contributed by atoms with E-state index >= 15 is 0 Å². The fraction of sp³-hybridized carbons (Fsp3) is 0.684. The van der Waals surface area contributed by atoms with Crippen LogP contribution in [0, 0.1) is 5.92 Å². The third-order valence-electron chi connectivity index (χ3n) is 5.68. The first kappa shape index (κ1) is 17.2. The fourth-order valence-corrected chi connectivity index (χ4v) is 5.91. The summed E-state index contributed by atoms with van der Waals surface area (Å²) in [6.45, 7) is 4.75. The van der Waals surface area contributed by atoms with Crippen LogP contribution in [0.25, 0.3) is 0 Å². The van der Waals surface area contributed by atoms with Gasteiger partial charge in [-0.15, -0.1) is 0 Å². The van der Waals surface area contributed by atoms with E-state index in [2.05, 4.69) is 6.07 Å². The Morgan fingerprint density at radius 2 is 1.92 bits per heavy atom. The Labute approximate surface area is 150 Å². The summed E-state index contributed by atoms with van der Waals surface area (Å²) in [5.74, 6) is 2.92. The Kier molecular flexibility index (Phi) is 4.67. The molecule has 3 aliphatic rings. The first-order chi connectivity index (χ1) is 12.1. The number of hydrogen-bond acceptors (Lipinski definition) is 4. The largest absolute Gasteiger partial charge is 0.493 e. The maximum atomic E-state index is 12.2. The topological polar surface area (TPSA) is 55.8 Å². The van der Waals surface area contributed by atoms with Crippen molar-refractivity contribution >= 4 is 10.0 Å². The Hall–Kier alpha value is -1.27. The van der Waals surface area contributed by atoms with Gasteiger partial charge in [0.2, 0.25) is 10.0 Å². The van der Waals surface area contributed by atoms with E-state index in [0.717, 1.165) is 56.8 Å². The highest BCUT2D eigenvalue weighted by Gasteiger charge is 2.31. The number of rotatable bonds is 5. The van der Waals surface area contributed by atoms with Crippen LogP contribution < -0.4 is 9.47 Å². The van der Waals surface area contributed by atoms with Gasteiger partial charge in [0.05, 0.1) is 19.0 Å². The zero-order valence-electron chi connectivity index (χ0n) is 14.9. The minimum atomic E-state index is -3.06. The van der Waals surface area contributed by atoms with Gasteiger partial charge in [-0.1, -0.05) is 6.92 Å². The standard InChI is InChI=1S/C19H27NO4S/c1-2-11-25(21,22)20-7-3-14(4-8-20)12-17-16-6-10-23-18(16)13-15-5-9-24-19(15)17/h13-14H,2-12H2,1H3. The zero-order chi connectivity index (χ0) is 17.4. The maximum absolute atomic E-state index is 12.2. The van der Waals surface area contributed by atoms with Gasteiger partial charge in [0.15, 0.2) is 0 Å². The lowest BCUT2D eigenvalue weighted by molar-refractivity contribution is 0.270. The normalized spacial score (nSPS) is 20.8. The smallest absolute Gasteiger partial charge is 0.214 e. The molecule has 1 aromatic carbocycles. The molecule has 0 amide bonds. The van der Waals surface area contributed by atoms with Gasteiger partial charge in [0, 0.05) is 42.6 Å². The molecule has 0 aliphatic carbocycles. The zero-order valence-corrected chi connectivity index (χ0v) is 15.7. The summed E-state index contributed by atoms with van der Waals surface area (Å²) in [6, 6.07) is 2.16. The SMILES string of the molecule is CCCS(=O)(=O)N1CCC(Cc2c3c(cc4c2OCC4)OCC3)CC1. The first-order valence-electron chi connectivity index (χ1n) is 9.49. The third-order valence-corrected chi connectivity index (χ3v) is 7.76. The maximum Gasteiger partial charge on any atom is 0.214 e. The summed E-state index contributed by atoms with van der Waals surface area (Å²) in [5, 5.41) is 0. The number of piperidine rings is 1. The fourth-order valence-electron chi connectivity index (χ4n) is 4.37. The van der Waals surface area contributed by atoms with Crippen molar-refractivity contribution in [2.24, 2.45) is 5.92 Å². The van der Waals surface area contributed by atoms with Crippen molar-refractivity contribution < 1.29 is 17.9 Å². The second kappa shape index (κ2) is 6.80. The van der Waals surface area contributed by atoms with Crippen LogP contribution in [0.15, 0.2) is 6.07 Å². The van der Waals surface area contributed by atoms with E-state index in [1.807, 2.05) is 6.92 Å². The molecule has 0 atom stereocenters. The molecule has 3 aliphatic heterocycles. The Bertz CT molecular complexity index is 719. The average Bonchev–Trinajstić information content (AvgIpc) is 3.24. The highest BCUT2D eigenvalue weighted by molar-refractivity contribution is 7.89. The van der Waals surface area contributed by atoms with Gasteiger partial charge in [-0.25, -0.2) is 12.7 Å². The molecule has 0 radical (unpaired) electrons. The van der Waals surface area contributed by atoms with Crippen LogP contribution >= 0.6 is 0 Å². The van der Waals surface area contributed by atoms with Crippen LogP contribution in [0.4, 0.5) is 0 Å². The average molecular weight is 365 g/mol. The molecular formula is C19H27NO4S. The van der Waals surface area contributed by atoms with Gasteiger partial charge in [0.1, 0.15) is 11.5 Å². The van der Waals surface area contributed by atoms with Crippen molar-refractivity contribution in [3.05, 3.63) is 22.8 Å². The summed E-state index contributed by atoms with van der Waals surface area (Å²) in [4.78, 5) is 0. The van der Waals surface area contributed by atoms with Gasteiger partial charge < -0.3 is 9.47 Å². The van der Waals surface area contributed by atoms with Gasteiger partial charge in [-0.05, 0) is 37.7 Å². The number of sulfonamides is 1. The van der Waals surface area contributed by atoms with E-state index < -0.39 is 10.0 Å². The van der Waals surface area contributed by atoms with Crippen LogP contribution in [-0.4, -0.2) is 44.8 Å². The molecule has 0 aromatic heterocycles. The number of ether oxygens (including phenoxy) is 2. The van der Waals surface area contributed by atoms with Gasteiger partial charge in [-0.2, -0.15) is 0 Å². The Morgan fingerprint density at radius 3 is 2.68 bits per heavy atom. The molecule has 0 saturated carbocycles. The lowest BCUT2D eigenvalue weighted by atomic mass is 9.87. The van der Waals surface area contributed by atoms with Gasteiger partial charge in [0.25, 0.3) is 0 Å². The molecule has 138 valence electrons. The molecule has 0 spiro atoms. The summed E-state index contributed by atoms with van der Waals surface area (Å²) >= 11 is 0. The second-order valence-corrected chi connectivity index (χ2v) is 9.47. The molecule has 25 heavy (non-hydrogen) atoms. The lowest BCUT2D eigenvalue weighted by Crippen LogP contribution is -2.40. The predicted octanol–water partition coefficient (Wildman–Crippen LogP) is 2.55. The quantitative estimate of drug-likeness (QED) is 0.805.